The van der Waals surface area contributed by atoms with Crippen LogP contribution < -0.4 is 11.3 Å². The molecule has 3 nitrogen and oxygen atoms in total. The fourth-order valence-electron chi connectivity index (χ4n) is 1.66. The third-order valence-electron chi connectivity index (χ3n) is 2.57. The zero-order valence-corrected chi connectivity index (χ0v) is 10.7. The molecule has 4 heteroatoms. The summed E-state index contributed by atoms with van der Waals surface area (Å²) in [6.45, 7) is 2.21. The molecule has 0 fully saturated rings. The molecule has 0 radical (unpaired) electrons. The number of rotatable bonds is 7. The summed E-state index contributed by atoms with van der Waals surface area (Å²) < 4.78 is 5.97. The van der Waals surface area contributed by atoms with E-state index in [9.17, 15) is 0 Å². The van der Waals surface area contributed by atoms with E-state index >= 15 is 0 Å². The second-order valence-corrected chi connectivity index (χ2v) is 4.44. The van der Waals surface area contributed by atoms with E-state index in [1.807, 2.05) is 6.07 Å². The Morgan fingerprint density at radius 3 is 2.80 bits per heavy atom. The summed E-state index contributed by atoms with van der Waals surface area (Å²) in [6, 6.07) is 2.14. The molecule has 1 rings (SSSR count). The Morgan fingerprint density at radius 1 is 1.47 bits per heavy atom. The highest BCUT2D eigenvalue weighted by Crippen LogP contribution is 2.27. The van der Waals surface area contributed by atoms with Crippen LogP contribution in [0.25, 0.3) is 0 Å². The fraction of sp³-hybridized carbons (Fsp3) is 0.636. The molecule has 0 saturated heterocycles. The van der Waals surface area contributed by atoms with Crippen LogP contribution in [-0.2, 0) is 0 Å². The van der Waals surface area contributed by atoms with E-state index in [4.69, 9.17) is 10.3 Å². The smallest absolute Gasteiger partial charge is 0.173 e. The molecule has 0 amide bonds. The number of nitrogens with one attached hydrogen (secondary N) is 1. The van der Waals surface area contributed by atoms with E-state index in [0.29, 0.717) is 0 Å². The van der Waals surface area contributed by atoms with Crippen LogP contribution in [0.3, 0.4) is 0 Å². The average Bonchev–Trinajstić information content (AvgIpc) is 2.65. The molecule has 15 heavy (non-hydrogen) atoms. The van der Waals surface area contributed by atoms with Gasteiger partial charge in [-0.2, -0.15) is 0 Å². The number of hydrogen-bond donors (Lipinski definition) is 2. The number of hydrazine groups is 1. The lowest BCUT2D eigenvalue weighted by Gasteiger charge is -2.14. The first kappa shape index (κ1) is 12.7. The Bertz CT molecular complexity index is 275. The highest BCUT2D eigenvalue weighted by Gasteiger charge is 2.14. The molecule has 3 N–H and O–H groups in total. The van der Waals surface area contributed by atoms with Crippen LogP contribution in [0.5, 0.6) is 0 Å². The van der Waals surface area contributed by atoms with Crippen molar-refractivity contribution in [2.45, 2.75) is 45.1 Å². The zero-order valence-electron chi connectivity index (χ0n) is 9.13. The van der Waals surface area contributed by atoms with Crippen LogP contribution in [0.2, 0.25) is 0 Å². The van der Waals surface area contributed by atoms with Crippen molar-refractivity contribution in [3.8, 4) is 0 Å². The summed E-state index contributed by atoms with van der Waals surface area (Å²) in [5.74, 6) is 5.54. The van der Waals surface area contributed by atoms with E-state index in [0.717, 1.165) is 16.7 Å². The van der Waals surface area contributed by atoms with E-state index < -0.39 is 0 Å². The Kier molecular flexibility index (Phi) is 5.98. The van der Waals surface area contributed by atoms with Crippen molar-refractivity contribution in [3.63, 3.8) is 0 Å². The van der Waals surface area contributed by atoms with Gasteiger partial charge in [-0.05, 0) is 28.4 Å². The van der Waals surface area contributed by atoms with Crippen molar-refractivity contribution in [3.05, 3.63) is 22.6 Å². The highest BCUT2D eigenvalue weighted by atomic mass is 79.9. The quantitative estimate of drug-likeness (QED) is 0.455. The van der Waals surface area contributed by atoms with Crippen molar-refractivity contribution in [2.75, 3.05) is 0 Å². The normalized spacial score (nSPS) is 13.0. The first-order valence-corrected chi connectivity index (χ1v) is 6.28. The number of halogens is 1. The first-order chi connectivity index (χ1) is 7.29. The number of furan rings is 1. The molecular weight excluding hydrogens is 256 g/mol. The van der Waals surface area contributed by atoms with Gasteiger partial charge in [0.2, 0.25) is 0 Å². The maximum Gasteiger partial charge on any atom is 0.173 e. The summed E-state index contributed by atoms with van der Waals surface area (Å²) >= 11 is 3.37. The predicted molar refractivity (Wildman–Crippen MR) is 65.2 cm³/mol. The Balaban J connectivity index is 2.39. The number of unbranched alkanes of at least 4 members (excludes halogenated alkanes) is 3. The van der Waals surface area contributed by atoms with Gasteiger partial charge >= 0.3 is 0 Å². The summed E-state index contributed by atoms with van der Waals surface area (Å²) in [7, 11) is 0. The molecule has 0 spiro atoms. The molecule has 0 saturated carbocycles. The summed E-state index contributed by atoms with van der Waals surface area (Å²) in [5, 5.41) is 0. The topological polar surface area (TPSA) is 51.2 Å². The molecule has 1 aromatic heterocycles. The summed E-state index contributed by atoms with van der Waals surface area (Å²) in [4.78, 5) is 0. The standard InChI is InChI=1S/C11H19BrN2O/c1-2-3-4-5-6-10(14-13)9-7-8-15-11(9)12/h7-8,10,14H,2-6,13H2,1H3. The van der Waals surface area contributed by atoms with E-state index in [1.165, 1.54) is 25.7 Å². The molecular formula is C11H19BrN2O. The lowest BCUT2D eigenvalue weighted by Crippen LogP contribution is -2.27. The monoisotopic (exact) mass is 274 g/mol. The molecule has 0 aromatic carbocycles. The van der Waals surface area contributed by atoms with Gasteiger partial charge in [0.25, 0.3) is 0 Å². The van der Waals surface area contributed by atoms with E-state index in [1.54, 1.807) is 6.26 Å². The van der Waals surface area contributed by atoms with Gasteiger partial charge in [-0.1, -0.05) is 32.6 Å². The molecule has 0 aliphatic carbocycles. The molecule has 0 aliphatic rings. The minimum absolute atomic E-state index is 0.190. The fourth-order valence-corrected chi connectivity index (χ4v) is 2.17. The Morgan fingerprint density at radius 2 is 2.27 bits per heavy atom. The van der Waals surface area contributed by atoms with Crippen molar-refractivity contribution in [2.24, 2.45) is 5.84 Å². The van der Waals surface area contributed by atoms with Crippen molar-refractivity contribution < 1.29 is 4.42 Å². The Hall–Kier alpha value is -0.320. The lowest BCUT2D eigenvalue weighted by atomic mass is 10.0. The van der Waals surface area contributed by atoms with Gasteiger partial charge in [0.1, 0.15) is 0 Å². The molecule has 86 valence electrons. The number of hydrogen-bond acceptors (Lipinski definition) is 3. The third-order valence-corrected chi connectivity index (χ3v) is 3.21. The molecule has 1 aromatic rings. The second kappa shape index (κ2) is 7.04. The average molecular weight is 275 g/mol. The van der Waals surface area contributed by atoms with Gasteiger partial charge in [0, 0.05) is 5.56 Å². The molecule has 1 heterocycles. The maximum absolute atomic E-state index is 5.54. The van der Waals surface area contributed by atoms with Crippen LogP contribution in [0.15, 0.2) is 21.4 Å². The minimum Gasteiger partial charge on any atom is -0.457 e. The Labute approximate surface area is 99.5 Å². The lowest BCUT2D eigenvalue weighted by molar-refractivity contribution is 0.466. The van der Waals surface area contributed by atoms with E-state index in [-0.39, 0.29) is 6.04 Å². The SMILES string of the molecule is CCCCCCC(NN)c1ccoc1Br. The van der Waals surface area contributed by atoms with Crippen LogP contribution in [0, 0.1) is 0 Å². The number of nitrogens with two attached hydrogens (primary N) is 1. The van der Waals surface area contributed by atoms with Gasteiger partial charge in [-0.15, -0.1) is 0 Å². The van der Waals surface area contributed by atoms with Gasteiger partial charge in [-0.25, -0.2) is 0 Å². The van der Waals surface area contributed by atoms with Gasteiger partial charge in [0.05, 0.1) is 12.3 Å². The van der Waals surface area contributed by atoms with Crippen LogP contribution in [0.4, 0.5) is 0 Å². The molecule has 0 aliphatic heterocycles. The third kappa shape index (κ3) is 3.97. The van der Waals surface area contributed by atoms with Crippen molar-refractivity contribution in [1.29, 1.82) is 0 Å². The van der Waals surface area contributed by atoms with Crippen molar-refractivity contribution in [1.82, 2.24) is 5.43 Å². The maximum atomic E-state index is 5.54. The zero-order chi connectivity index (χ0) is 11.1. The first-order valence-electron chi connectivity index (χ1n) is 5.48. The van der Waals surface area contributed by atoms with Gasteiger partial charge in [-0.3, -0.25) is 11.3 Å². The minimum atomic E-state index is 0.190. The van der Waals surface area contributed by atoms with Gasteiger partial charge in [0.15, 0.2) is 4.67 Å². The van der Waals surface area contributed by atoms with Crippen LogP contribution in [-0.4, -0.2) is 0 Å². The second-order valence-electron chi connectivity index (χ2n) is 3.72. The molecule has 1 unspecified atom stereocenters. The molecule has 0 bridgehead atoms. The van der Waals surface area contributed by atoms with Crippen LogP contribution in [0.1, 0.15) is 50.6 Å². The van der Waals surface area contributed by atoms with Gasteiger partial charge < -0.3 is 4.42 Å². The molecule has 1 atom stereocenters. The predicted octanol–water partition coefficient (Wildman–Crippen LogP) is 3.52. The van der Waals surface area contributed by atoms with E-state index in [2.05, 4.69) is 28.3 Å². The summed E-state index contributed by atoms with van der Waals surface area (Å²) in [5.41, 5.74) is 3.94. The largest absolute Gasteiger partial charge is 0.457 e. The van der Waals surface area contributed by atoms with Crippen LogP contribution >= 0.6 is 15.9 Å². The van der Waals surface area contributed by atoms with Crippen molar-refractivity contribution >= 4 is 15.9 Å². The summed E-state index contributed by atoms with van der Waals surface area (Å²) in [6.07, 6.45) is 7.74. The highest BCUT2D eigenvalue weighted by molar-refractivity contribution is 9.10.